The van der Waals surface area contributed by atoms with Gasteiger partial charge in [-0.05, 0) is 6.42 Å². The normalized spacial score (nSPS) is 19.4. The fourth-order valence-corrected chi connectivity index (χ4v) is 3.03. The predicted octanol–water partition coefficient (Wildman–Crippen LogP) is 2.38. The highest BCUT2D eigenvalue weighted by Crippen LogP contribution is 2.32. The number of nitrogens with one attached hydrogen (secondary N) is 1. The van der Waals surface area contributed by atoms with Gasteiger partial charge in [-0.3, -0.25) is 0 Å². The van der Waals surface area contributed by atoms with E-state index in [9.17, 15) is 4.39 Å². The number of aromatic nitrogens is 2. The second-order valence-electron chi connectivity index (χ2n) is 4.96. The van der Waals surface area contributed by atoms with Gasteiger partial charge in [0.1, 0.15) is 0 Å². The number of rotatable bonds is 2. The summed E-state index contributed by atoms with van der Waals surface area (Å²) < 4.78 is 14.1. The maximum absolute atomic E-state index is 13.8. The van der Waals surface area contributed by atoms with Crippen molar-refractivity contribution < 1.29 is 4.39 Å². The van der Waals surface area contributed by atoms with Gasteiger partial charge < -0.3 is 10.2 Å². The molecule has 1 aromatic heterocycles. The Hall–Kier alpha value is -1.04. The van der Waals surface area contributed by atoms with Crippen molar-refractivity contribution in [1.29, 1.82) is 0 Å². The molecule has 4 nitrogen and oxygen atoms in total. The molecule has 1 aliphatic rings. The third-order valence-electron chi connectivity index (χ3n) is 3.09. The fraction of sp³-hybridized carbons (Fsp3) is 0.667. The third kappa shape index (κ3) is 3.04. The first-order valence-electron chi connectivity index (χ1n) is 6.11. The second kappa shape index (κ2) is 5.30. The van der Waals surface area contributed by atoms with Crippen LogP contribution in [0.5, 0.6) is 0 Å². The van der Waals surface area contributed by atoms with Gasteiger partial charge in [0.2, 0.25) is 5.95 Å². The van der Waals surface area contributed by atoms with Crippen molar-refractivity contribution in [2.45, 2.75) is 25.0 Å². The van der Waals surface area contributed by atoms with Crippen molar-refractivity contribution in [3.05, 3.63) is 12.0 Å². The van der Waals surface area contributed by atoms with Gasteiger partial charge in [0.05, 0.1) is 6.20 Å². The molecule has 0 unspecified atom stereocenters. The SMILES string of the molecule is CNc1ncc(F)c(N2CCSC(C)(C)CC2)n1. The number of hydrogen-bond acceptors (Lipinski definition) is 5. The molecule has 2 heterocycles. The van der Waals surface area contributed by atoms with Crippen LogP contribution in [0.15, 0.2) is 6.20 Å². The molecule has 0 atom stereocenters. The molecule has 0 aliphatic carbocycles. The van der Waals surface area contributed by atoms with Crippen LogP contribution in [0.4, 0.5) is 16.2 Å². The molecule has 1 N–H and O–H groups in total. The van der Waals surface area contributed by atoms with E-state index in [0.717, 1.165) is 25.3 Å². The van der Waals surface area contributed by atoms with Crippen LogP contribution in [0.2, 0.25) is 0 Å². The Morgan fingerprint density at radius 1 is 1.44 bits per heavy atom. The van der Waals surface area contributed by atoms with Gasteiger partial charge in [-0.25, -0.2) is 9.37 Å². The van der Waals surface area contributed by atoms with E-state index in [1.807, 2.05) is 16.7 Å². The van der Waals surface area contributed by atoms with E-state index in [1.54, 1.807) is 7.05 Å². The molecule has 0 aromatic carbocycles. The van der Waals surface area contributed by atoms with E-state index in [2.05, 4.69) is 29.1 Å². The molecule has 0 amide bonds. The largest absolute Gasteiger partial charge is 0.357 e. The summed E-state index contributed by atoms with van der Waals surface area (Å²) in [6.07, 6.45) is 2.26. The summed E-state index contributed by atoms with van der Waals surface area (Å²) in [6, 6.07) is 0. The summed E-state index contributed by atoms with van der Waals surface area (Å²) in [7, 11) is 1.73. The first kappa shape index (κ1) is 13.4. The van der Waals surface area contributed by atoms with Crippen molar-refractivity contribution in [3.63, 3.8) is 0 Å². The summed E-state index contributed by atoms with van der Waals surface area (Å²) in [5.41, 5.74) is 0. The van der Waals surface area contributed by atoms with Crippen LogP contribution in [-0.4, -0.2) is 40.6 Å². The van der Waals surface area contributed by atoms with E-state index in [-0.39, 0.29) is 10.6 Å². The molecule has 1 aliphatic heterocycles. The van der Waals surface area contributed by atoms with E-state index < -0.39 is 0 Å². The predicted molar refractivity (Wildman–Crippen MR) is 74.9 cm³/mol. The van der Waals surface area contributed by atoms with Crippen LogP contribution in [0.3, 0.4) is 0 Å². The number of thioether (sulfide) groups is 1. The smallest absolute Gasteiger partial charge is 0.224 e. The van der Waals surface area contributed by atoms with Crippen LogP contribution in [-0.2, 0) is 0 Å². The van der Waals surface area contributed by atoms with Gasteiger partial charge in [-0.15, -0.1) is 0 Å². The Balaban J connectivity index is 2.20. The highest BCUT2D eigenvalue weighted by molar-refractivity contribution is 8.00. The first-order chi connectivity index (χ1) is 8.52. The van der Waals surface area contributed by atoms with Crippen LogP contribution in [0.25, 0.3) is 0 Å². The lowest BCUT2D eigenvalue weighted by atomic mass is 10.1. The zero-order valence-electron chi connectivity index (χ0n) is 11.0. The van der Waals surface area contributed by atoms with E-state index in [0.29, 0.717) is 11.8 Å². The molecule has 18 heavy (non-hydrogen) atoms. The average Bonchev–Trinajstić information content (AvgIpc) is 2.51. The number of anilines is 2. The molecule has 100 valence electrons. The van der Waals surface area contributed by atoms with Crippen molar-refractivity contribution in [1.82, 2.24) is 9.97 Å². The summed E-state index contributed by atoms with van der Waals surface area (Å²) >= 11 is 1.93. The van der Waals surface area contributed by atoms with Gasteiger partial charge >= 0.3 is 0 Å². The van der Waals surface area contributed by atoms with Gasteiger partial charge in [0.15, 0.2) is 11.6 Å². The standard InChI is InChI=1S/C12H19FN4S/c1-12(2)4-5-17(6-7-18-12)10-9(13)8-15-11(14-3)16-10/h8H,4-7H2,1-3H3,(H,14,15,16). The van der Waals surface area contributed by atoms with Crippen molar-refractivity contribution in [2.24, 2.45) is 0 Å². The molecule has 0 saturated carbocycles. The van der Waals surface area contributed by atoms with Gasteiger partial charge in [-0.2, -0.15) is 16.7 Å². The quantitative estimate of drug-likeness (QED) is 0.893. The average molecular weight is 270 g/mol. The minimum atomic E-state index is -0.348. The van der Waals surface area contributed by atoms with Crippen molar-refractivity contribution >= 4 is 23.5 Å². The Kier molecular flexibility index (Phi) is 3.94. The topological polar surface area (TPSA) is 41.1 Å². The summed E-state index contributed by atoms with van der Waals surface area (Å²) in [5, 5.41) is 2.84. The minimum absolute atomic E-state index is 0.254. The highest BCUT2D eigenvalue weighted by Gasteiger charge is 2.25. The lowest BCUT2D eigenvalue weighted by Crippen LogP contribution is -2.29. The molecule has 0 spiro atoms. The van der Waals surface area contributed by atoms with Gasteiger partial charge in [0, 0.05) is 30.6 Å². The monoisotopic (exact) mass is 270 g/mol. The minimum Gasteiger partial charge on any atom is -0.357 e. The zero-order valence-corrected chi connectivity index (χ0v) is 11.9. The second-order valence-corrected chi connectivity index (χ2v) is 6.76. The maximum Gasteiger partial charge on any atom is 0.224 e. The van der Waals surface area contributed by atoms with Gasteiger partial charge in [0.25, 0.3) is 0 Å². The number of nitrogens with zero attached hydrogens (tertiary/aromatic N) is 3. The lowest BCUT2D eigenvalue weighted by molar-refractivity contribution is 0.589. The van der Waals surface area contributed by atoms with Crippen molar-refractivity contribution in [2.75, 3.05) is 36.1 Å². The molecule has 0 radical (unpaired) electrons. The third-order valence-corrected chi connectivity index (χ3v) is 4.46. The van der Waals surface area contributed by atoms with Crippen LogP contribution in [0, 0.1) is 5.82 Å². The first-order valence-corrected chi connectivity index (χ1v) is 7.09. The van der Waals surface area contributed by atoms with Crippen LogP contribution in [0.1, 0.15) is 20.3 Å². The van der Waals surface area contributed by atoms with E-state index in [4.69, 9.17) is 0 Å². The molecule has 1 fully saturated rings. The molecular weight excluding hydrogens is 251 g/mol. The molecular formula is C12H19FN4S. The Bertz CT molecular complexity index is 425. The molecule has 2 rings (SSSR count). The Morgan fingerprint density at radius 3 is 2.94 bits per heavy atom. The highest BCUT2D eigenvalue weighted by atomic mass is 32.2. The number of halogens is 1. The van der Waals surface area contributed by atoms with Crippen molar-refractivity contribution in [3.8, 4) is 0 Å². The molecule has 1 saturated heterocycles. The summed E-state index contributed by atoms with van der Waals surface area (Å²) in [4.78, 5) is 10.1. The molecule has 6 heteroatoms. The van der Waals surface area contributed by atoms with E-state index >= 15 is 0 Å². The Morgan fingerprint density at radius 2 is 2.22 bits per heavy atom. The van der Waals surface area contributed by atoms with Crippen LogP contribution >= 0.6 is 11.8 Å². The van der Waals surface area contributed by atoms with Gasteiger partial charge in [-0.1, -0.05) is 13.8 Å². The van der Waals surface area contributed by atoms with E-state index in [1.165, 1.54) is 6.20 Å². The zero-order chi connectivity index (χ0) is 13.2. The molecule has 1 aromatic rings. The fourth-order valence-electron chi connectivity index (χ4n) is 1.93. The number of hydrogen-bond donors (Lipinski definition) is 1. The lowest BCUT2D eigenvalue weighted by Gasteiger charge is -2.23. The summed E-state index contributed by atoms with van der Waals surface area (Å²) in [5.74, 6) is 1.51. The summed E-state index contributed by atoms with van der Waals surface area (Å²) in [6.45, 7) is 6.12. The molecule has 0 bridgehead atoms. The van der Waals surface area contributed by atoms with Crippen LogP contribution < -0.4 is 10.2 Å². The Labute approximate surface area is 111 Å². The maximum atomic E-state index is 13.8.